The molecular formula is C15H17NO3. The number of carbonyl (C=O) groups excluding carboxylic acids is 1. The fourth-order valence-electron chi connectivity index (χ4n) is 2.04. The first-order valence-corrected chi connectivity index (χ1v) is 6.12. The van der Waals surface area contributed by atoms with Crippen molar-refractivity contribution in [2.75, 3.05) is 7.11 Å². The number of rotatable bonds is 4. The Morgan fingerprint density at radius 3 is 2.68 bits per heavy atom. The Hall–Kier alpha value is -2.07. The van der Waals surface area contributed by atoms with Gasteiger partial charge in [0.25, 0.3) is 0 Å². The van der Waals surface area contributed by atoms with Gasteiger partial charge in [-0.2, -0.15) is 0 Å². The summed E-state index contributed by atoms with van der Waals surface area (Å²) < 4.78 is 10.3. The number of hydrogen-bond donors (Lipinski definition) is 1. The molecule has 4 heteroatoms. The maximum Gasteiger partial charge on any atom is 0.346 e. The van der Waals surface area contributed by atoms with Crippen LogP contribution in [0.15, 0.2) is 36.4 Å². The molecule has 2 aromatic carbocycles. The molecule has 0 aliphatic rings. The van der Waals surface area contributed by atoms with Crippen LogP contribution >= 0.6 is 0 Å². The van der Waals surface area contributed by atoms with Crippen molar-refractivity contribution in [3.8, 4) is 5.75 Å². The summed E-state index contributed by atoms with van der Waals surface area (Å²) >= 11 is 0. The lowest BCUT2D eigenvalue weighted by Gasteiger charge is -2.16. The van der Waals surface area contributed by atoms with Gasteiger partial charge in [0.2, 0.25) is 0 Å². The van der Waals surface area contributed by atoms with Crippen LogP contribution < -0.4 is 10.5 Å². The second kappa shape index (κ2) is 5.71. The average Bonchev–Trinajstić information content (AvgIpc) is 2.46. The number of carbonyl (C=O) groups is 1. The molecule has 100 valence electrons. The summed E-state index contributed by atoms with van der Waals surface area (Å²) in [7, 11) is 1.34. The van der Waals surface area contributed by atoms with Gasteiger partial charge in [-0.25, -0.2) is 4.79 Å². The Kier molecular flexibility index (Phi) is 4.02. The van der Waals surface area contributed by atoms with Crippen molar-refractivity contribution in [3.05, 3.63) is 42.0 Å². The van der Waals surface area contributed by atoms with Crippen LogP contribution in [0.25, 0.3) is 10.8 Å². The first kappa shape index (κ1) is 13.4. The van der Waals surface area contributed by atoms with E-state index in [1.165, 1.54) is 7.11 Å². The summed E-state index contributed by atoms with van der Waals surface area (Å²) in [5, 5.41) is 2.14. The smallest absolute Gasteiger partial charge is 0.346 e. The van der Waals surface area contributed by atoms with Crippen LogP contribution in [0, 0.1) is 0 Å². The van der Waals surface area contributed by atoms with E-state index in [2.05, 4.69) is 4.74 Å². The van der Waals surface area contributed by atoms with Gasteiger partial charge in [0.1, 0.15) is 5.75 Å². The lowest BCUT2D eigenvalue weighted by Crippen LogP contribution is -2.25. The SMILES string of the molecule is COC(=O)C(C)Oc1ccc2ccccc2c1CN. The lowest BCUT2D eigenvalue weighted by molar-refractivity contribution is -0.147. The molecule has 2 rings (SSSR count). The van der Waals surface area contributed by atoms with Gasteiger partial charge < -0.3 is 15.2 Å². The molecule has 0 heterocycles. The second-order valence-corrected chi connectivity index (χ2v) is 4.25. The molecule has 0 aliphatic heterocycles. The van der Waals surface area contributed by atoms with Crippen molar-refractivity contribution in [3.63, 3.8) is 0 Å². The highest BCUT2D eigenvalue weighted by atomic mass is 16.6. The minimum absolute atomic E-state index is 0.352. The van der Waals surface area contributed by atoms with Gasteiger partial charge in [-0.1, -0.05) is 30.3 Å². The van der Waals surface area contributed by atoms with Crippen LogP contribution in [0.3, 0.4) is 0 Å². The molecule has 1 atom stereocenters. The van der Waals surface area contributed by atoms with E-state index in [1.54, 1.807) is 6.92 Å². The van der Waals surface area contributed by atoms with Crippen LogP contribution in [0.2, 0.25) is 0 Å². The summed E-state index contributed by atoms with van der Waals surface area (Å²) in [6.45, 7) is 2.01. The number of esters is 1. The average molecular weight is 259 g/mol. The zero-order chi connectivity index (χ0) is 13.8. The number of fused-ring (bicyclic) bond motifs is 1. The Morgan fingerprint density at radius 1 is 1.26 bits per heavy atom. The Morgan fingerprint density at radius 2 is 2.00 bits per heavy atom. The molecule has 0 amide bonds. The fraction of sp³-hybridized carbons (Fsp3) is 0.267. The minimum atomic E-state index is -0.656. The van der Waals surface area contributed by atoms with Crippen LogP contribution in [0.5, 0.6) is 5.75 Å². The summed E-state index contributed by atoms with van der Waals surface area (Å²) in [6.07, 6.45) is -0.656. The third-order valence-corrected chi connectivity index (χ3v) is 3.04. The molecule has 2 aromatic rings. The van der Waals surface area contributed by atoms with Crippen LogP contribution in [-0.2, 0) is 16.1 Å². The molecular weight excluding hydrogens is 242 g/mol. The Labute approximate surface area is 112 Å². The van der Waals surface area contributed by atoms with Gasteiger partial charge in [-0.3, -0.25) is 0 Å². The molecule has 19 heavy (non-hydrogen) atoms. The zero-order valence-corrected chi connectivity index (χ0v) is 11.1. The summed E-state index contributed by atoms with van der Waals surface area (Å²) in [5.74, 6) is 0.218. The zero-order valence-electron chi connectivity index (χ0n) is 11.1. The van der Waals surface area contributed by atoms with Gasteiger partial charge in [-0.05, 0) is 23.8 Å². The van der Waals surface area contributed by atoms with Gasteiger partial charge in [0, 0.05) is 12.1 Å². The van der Waals surface area contributed by atoms with Crippen molar-refractivity contribution < 1.29 is 14.3 Å². The van der Waals surface area contributed by atoms with Crippen molar-refractivity contribution in [2.45, 2.75) is 19.6 Å². The molecule has 0 aromatic heterocycles. The Balaban J connectivity index is 2.40. The second-order valence-electron chi connectivity index (χ2n) is 4.25. The van der Waals surface area contributed by atoms with E-state index in [-0.39, 0.29) is 0 Å². The number of benzene rings is 2. The van der Waals surface area contributed by atoms with E-state index in [0.717, 1.165) is 16.3 Å². The van der Waals surface area contributed by atoms with E-state index < -0.39 is 12.1 Å². The molecule has 0 saturated heterocycles. The largest absolute Gasteiger partial charge is 0.479 e. The predicted octanol–water partition coefficient (Wildman–Crippen LogP) is 2.24. The number of nitrogens with two attached hydrogens (primary N) is 1. The molecule has 0 spiro atoms. The molecule has 0 saturated carbocycles. The van der Waals surface area contributed by atoms with Crippen molar-refractivity contribution >= 4 is 16.7 Å². The van der Waals surface area contributed by atoms with Gasteiger partial charge >= 0.3 is 5.97 Å². The van der Waals surface area contributed by atoms with E-state index in [1.807, 2.05) is 36.4 Å². The van der Waals surface area contributed by atoms with E-state index in [0.29, 0.717) is 12.3 Å². The first-order valence-electron chi connectivity index (χ1n) is 6.12. The maximum atomic E-state index is 11.4. The third-order valence-electron chi connectivity index (χ3n) is 3.04. The van der Waals surface area contributed by atoms with E-state index in [4.69, 9.17) is 10.5 Å². The first-order chi connectivity index (χ1) is 9.17. The highest BCUT2D eigenvalue weighted by Gasteiger charge is 2.17. The number of methoxy groups -OCH3 is 1. The summed E-state index contributed by atoms with van der Waals surface area (Å²) in [6, 6.07) is 11.7. The maximum absolute atomic E-state index is 11.4. The van der Waals surface area contributed by atoms with Gasteiger partial charge in [-0.15, -0.1) is 0 Å². The molecule has 0 aliphatic carbocycles. The molecule has 0 bridgehead atoms. The Bertz CT molecular complexity index is 595. The highest BCUT2D eigenvalue weighted by molar-refractivity contribution is 5.88. The molecule has 2 N–H and O–H groups in total. The summed E-state index contributed by atoms with van der Waals surface area (Å²) in [4.78, 5) is 11.4. The minimum Gasteiger partial charge on any atom is -0.479 e. The topological polar surface area (TPSA) is 61.5 Å². The van der Waals surface area contributed by atoms with Crippen LogP contribution in [-0.4, -0.2) is 19.2 Å². The van der Waals surface area contributed by atoms with Crippen molar-refractivity contribution in [1.29, 1.82) is 0 Å². The summed E-state index contributed by atoms with van der Waals surface area (Å²) in [5.41, 5.74) is 6.70. The van der Waals surface area contributed by atoms with E-state index >= 15 is 0 Å². The normalized spacial score (nSPS) is 12.2. The predicted molar refractivity (Wildman–Crippen MR) is 73.9 cm³/mol. The number of hydrogen-bond acceptors (Lipinski definition) is 4. The molecule has 1 unspecified atom stereocenters. The quantitative estimate of drug-likeness (QED) is 0.855. The third kappa shape index (κ3) is 2.69. The van der Waals surface area contributed by atoms with Gasteiger partial charge in [0.15, 0.2) is 6.10 Å². The standard InChI is InChI=1S/C15H17NO3/c1-10(15(17)18-2)19-14-8-7-11-5-3-4-6-12(11)13(14)9-16/h3-8,10H,9,16H2,1-2H3. The van der Waals surface area contributed by atoms with Crippen molar-refractivity contribution in [2.24, 2.45) is 5.73 Å². The van der Waals surface area contributed by atoms with Crippen LogP contribution in [0.4, 0.5) is 0 Å². The van der Waals surface area contributed by atoms with E-state index in [9.17, 15) is 4.79 Å². The molecule has 4 nitrogen and oxygen atoms in total. The van der Waals surface area contributed by atoms with Crippen LogP contribution in [0.1, 0.15) is 12.5 Å². The monoisotopic (exact) mass is 259 g/mol. The molecule has 0 fully saturated rings. The highest BCUT2D eigenvalue weighted by Crippen LogP contribution is 2.28. The fourth-order valence-corrected chi connectivity index (χ4v) is 2.04. The lowest BCUT2D eigenvalue weighted by atomic mass is 10.0. The van der Waals surface area contributed by atoms with Gasteiger partial charge in [0.05, 0.1) is 7.11 Å². The molecule has 0 radical (unpaired) electrons. The van der Waals surface area contributed by atoms with Crippen molar-refractivity contribution in [1.82, 2.24) is 0 Å². The number of ether oxygens (including phenoxy) is 2.